The Balaban J connectivity index is 1.84. The van der Waals surface area contributed by atoms with Gasteiger partial charge in [0.15, 0.2) is 0 Å². The summed E-state index contributed by atoms with van der Waals surface area (Å²) in [7, 11) is 0. The van der Waals surface area contributed by atoms with Gasteiger partial charge in [-0.3, -0.25) is 4.90 Å². The SMILES string of the molecule is CCCN1CCC(N2CCCNC(C(C)CC)C2)CC1. The molecule has 0 aromatic rings. The molecular formula is C17H35N3. The molecule has 2 atom stereocenters. The number of nitrogens with zero attached hydrogens (tertiary/aromatic N) is 2. The van der Waals surface area contributed by atoms with E-state index in [-0.39, 0.29) is 0 Å². The van der Waals surface area contributed by atoms with Crippen LogP contribution in [0.4, 0.5) is 0 Å². The molecule has 2 aliphatic rings. The number of rotatable bonds is 5. The summed E-state index contributed by atoms with van der Waals surface area (Å²) in [6.07, 6.45) is 6.68. The lowest BCUT2D eigenvalue weighted by molar-refractivity contribution is 0.101. The van der Waals surface area contributed by atoms with E-state index in [2.05, 4.69) is 35.9 Å². The molecule has 20 heavy (non-hydrogen) atoms. The van der Waals surface area contributed by atoms with Crippen molar-refractivity contribution in [3.05, 3.63) is 0 Å². The minimum atomic E-state index is 0.705. The minimum Gasteiger partial charge on any atom is -0.312 e. The van der Waals surface area contributed by atoms with Crippen molar-refractivity contribution in [3.63, 3.8) is 0 Å². The second-order valence-electron chi connectivity index (χ2n) is 6.87. The van der Waals surface area contributed by atoms with Crippen molar-refractivity contribution >= 4 is 0 Å². The van der Waals surface area contributed by atoms with Crippen LogP contribution in [0.15, 0.2) is 0 Å². The van der Waals surface area contributed by atoms with Crippen LogP contribution < -0.4 is 5.32 Å². The lowest BCUT2D eigenvalue weighted by Gasteiger charge is -2.39. The molecule has 2 aliphatic heterocycles. The molecule has 0 aromatic carbocycles. The van der Waals surface area contributed by atoms with Gasteiger partial charge in [0.25, 0.3) is 0 Å². The number of piperidine rings is 1. The molecule has 0 spiro atoms. The smallest absolute Gasteiger partial charge is 0.0220 e. The molecule has 3 heteroatoms. The van der Waals surface area contributed by atoms with Gasteiger partial charge in [-0.2, -0.15) is 0 Å². The third kappa shape index (κ3) is 4.44. The minimum absolute atomic E-state index is 0.705. The monoisotopic (exact) mass is 281 g/mol. The molecule has 0 aliphatic carbocycles. The van der Waals surface area contributed by atoms with Gasteiger partial charge in [0.1, 0.15) is 0 Å². The Kier molecular flexibility index (Phi) is 6.79. The van der Waals surface area contributed by atoms with Crippen molar-refractivity contribution in [1.29, 1.82) is 0 Å². The topological polar surface area (TPSA) is 18.5 Å². The summed E-state index contributed by atoms with van der Waals surface area (Å²) in [5.41, 5.74) is 0. The third-order valence-corrected chi connectivity index (χ3v) is 5.40. The fourth-order valence-electron chi connectivity index (χ4n) is 3.80. The zero-order valence-corrected chi connectivity index (χ0v) is 13.9. The fraction of sp³-hybridized carbons (Fsp3) is 1.00. The van der Waals surface area contributed by atoms with Gasteiger partial charge in [-0.15, -0.1) is 0 Å². The first-order valence-corrected chi connectivity index (χ1v) is 8.94. The Bertz CT molecular complexity index is 261. The molecule has 2 heterocycles. The van der Waals surface area contributed by atoms with E-state index in [1.807, 2.05) is 0 Å². The van der Waals surface area contributed by atoms with Crippen LogP contribution in [0.1, 0.15) is 52.9 Å². The summed E-state index contributed by atoms with van der Waals surface area (Å²) < 4.78 is 0. The summed E-state index contributed by atoms with van der Waals surface area (Å²) >= 11 is 0. The van der Waals surface area contributed by atoms with Gasteiger partial charge in [-0.25, -0.2) is 0 Å². The van der Waals surface area contributed by atoms with Crippen LogP contribution in [-0.2, 0) is 0 Å². The van der Waals surface area contributed by atoms with E-state index in [9.17, 15) is 0 Å². The van der Waals surface area contributed by atoms with Gasteiger partial charge < -0.3 is 10.2 Å². The van der Waals surface area contributed by atoms with E-state index in [1.165, 1.54) is 71.4 Å². The molecule has 0 amide bonds. The van der Waals surface area contributed by atoms with Crippen molar-refractivity contribution in [2.24, 2.45) is 5.92 Å². The highest BCUT2D eigenvalue weighted by molar-refractivity contribution is 4.86. The molecule has 2 rings (SSSR count). The molecule has 1 N–H and O–H groups in total. The Morgan fingerprint density at radius 2 is 1.90 bits per heavy atom. The zero-order valence-electron chi connectivity index (χ0n) is 13.9. The maximum Gasteiger partial charge on any atom is 0.0220 e. The van der Waals surface area contributed by atoms with Crippen LogP contribution in [0, 0.1) is 5.92 Å². The van der Waals surface area contributed by atoms with Crippen molar-refractivity contribution in [2.75, 3.05) is 39.3 Å². The van der Waals surface area contributed by atoms with E-state index in [0.29, 0.717) is 6.04 Å². The van der Waals surface area contributed by atoms with Crippen LogP contribution in [0.5, 0.6) is 0 Å². The van der Waals surface area contributed by atoms with E-state index in [4.69, 9.17) is 0 Å². The highest BCUT2D eigenvalue weighted by Gasteiger charge is 2.28. The van der Waals surface area contributed by atoms with Crippen LogP contribution in [-0.4, -0.2) is 61.2 Å². The normalized spacial score (nSPS) is 29.2. The van der Waals surface area contributed by atoms with Gasteiger partial charge in [0.05, 0.1) is 0 Å². The largest absolute Gasteiger partial charge is 0.312 e. The molecule has 0 saturated carbocycles. The highest BCUT2D eigenvalue weighted by atomic mass is 15.2. The van der Waals surface area contributed by atoms with Crippen LogP contribution in [0.25, 0.3) is 0 Å². The maximum atomic E-state index is 3.78. The van der Waals surface area contributed by atoms with E-state index < -0.39 is 0 Å². The second kappa shape index (κ2) is 8.35. The zero-order chi connectivity index (χ0) is 14.4. The quantitative estimate of drug-likeness (QED) is 0.835. The average Bonchev–Trinajstić information content (AvgIpc) is 2.73. The van der Waals surface area contributed by atoms with Gasteiger partial charge in [0.2, 0.25) is 0 Å². The number of nitrogens with one attached hydrogen (secondary N) is 1. The summed E-state index contributed by atoms with van der Waals surface area (Å²) in [6.45, 7) is 14.7. The summed E-state index contributed by atoms with van der Waals surface area (Å²) in [5.74, 6) is 0.802. The lowest BCUT2D eigenvalue weighted by Crippen LogP contribution is -2.49. The number of hydrogen-bond donors (Lipinski definition) is 1. The first-order chi connectivity index (χ1) is 9.74. The van der Waals surface area contributed by atoms with Gasteiger partial charge in [-0.1, -0.05) is 27.2 Å². The number of hydrogen-bond acceptors (Lipinski definition) is 3. The molecule has 118 valence electrons. The summed E-state index contributed by atoms with van der Waals surface area (Å²) in [5, 5.41) is 3.78. The van der Waals surface area contributed by atoms with Gasteiger partial charge in [-0.05, 0) is 64.3 Å². The van der Waals surface area contributed by atoms with Crippen molar-refractivity contribution in [2.45, 2.75) is 65.0 Å². The van der Waals surface area contributed by atoms with Crippen molar-refractivity contribution in [1.82, 2.24) is 15.1 Å². The third-order valence-electron chi connectivity index (χ3n) is 5.40. The van der Waals surface area contributed by atoms with E-state index in [0.717, 1.165) is 12.0 Å². The molecule has 2 fully saturated rings. The van der Waals surface area contributed by atoms with Gasteiger partial charge in [0, 0.05) is 18.6 Å². The van der Waals surface area contributed by atoms with Crippen LogP contribution in [0.2, 0.25) is 0 Å². The van der Waals surface area contributed by atoms with Crippen molar-refractivity contribution < 1.29 is 0 Å². The average molecular weight is 281 g/mol. The lowest BCUT2D eigenvalue weighted by atomic mass is 9.97. The second-order valence-corrected chi connectivity index (χ2v) is 6.87. The standard InChI is InChI=1S/C17H35N3/c1-4-10-19-12-7-16(8-13-19)20-11-6-9-18-17(14-20)15(3)5-2/h15-18H,4-14H2,1-3H3. The first-order valence-electron chi connectivity index (χ1n) is 8.94. The Morgan fingerprint density at radius 3 is 2.55 bits per heavy atom. The van der Waals surface area contributed by atoms with Gasteiger partial charge >= 0.3 is 0 Å². The first kappa shape index (κ1) is 16.3. The number of likely N-dealkylation sites (tertiary alicyclic amines) is 1. The van der Waals surface area contributed by atoms with Crippen LogP contribution in [0.3, 0.4) is 0 Å². The fourth-order valence-corrected chi connectivity index (χ4v) is 3.80. The molecule has 0 bridgehead atoms. The molecule has 0 aromatic heterocycles. The Morgan fingerprint density at radius 1 is 1.15 bits per heavy atom. The van der Waals surface area contributed by atoms with Crippen molar-refractivity contribution in [3.8, 4) is 0 Å². The molecule has 0 radical (unpaired) electrons. The highest BCUT2D eigenvalue weighted by Crippen LogP contribution is 2.20. The Labute approximate surface area is 126 Å². The molecule has 3 nitrogen and oxygen atoms in total. The molecular weight excluding hydrogens is 246 g/mol. The van der Waals surface area contributed by atoms with Crippen LogP contribution >= 0.6 is 0 Å². The molecule has 2 saturated heterocycles. The maximum absolute atomic E-state index is 3.78. The predicted octanol–water partition coefficient (Wildman–Crippen LogP) is 2.57. The summed E-state index contributed by atoms with van der Waals surface area (Å²) in [6, 6.07) is 1.55. The summed E-state index contributed by atoms with van der Waals surface area (Å²) in [4.78, 5) is 5.46. The predicted molar refractivity (Wildman–Crippen MR) is 87.2 cm³/mol. The van der Waals surface area contributed by atoms with E-state index >= 15 is 0 Å². The van der Waals surface area contributed by atoms with E-state index in [1.54, 1.807) is 0 Å². The molecule has 2 unspecified atom stereocenters. The Hall–Kier alpha value is -0.120.